The number of carbonyl (C=O) groups is 1. The average Bonchev–Trinajstić information content (AvgIpc) is 2.59. The summed E-state index contributed by atoms with van der Waals surface area (Å²) in [6.45, 7) is 10.4. The van der Waals surface area contributed by atoms with Gasteiger partial charge in [0.05, 0.1) is 19.8 Å². The van der Waals surface area contributed by atoms with Gasteiger partial charge in [0.2, 0.25) is 0 Å². The standard InChI is InChI=1S/C19H30N2O3/c1-3-5-14-24-18-8-6-17(7-9-18)15-20-10-12-21(13-11-20)16-19(22)23-4-2/h6-9H,3-5,10-16H2,1-2H3. The highest BCUT2D eigenvalue weighted by atomic mass is 16.5. The monoisotopic (exact) mass is 334 g/mol. The third-order valence-corrected chi connectivity index (χ3v) is 4.22. The van der Waals surface area contributed by atoms with Crippen LogP contribution in [0.1, 0.15) is 32.3 Å². The first kappa shape index (κ1) is 18.7. The first-order valence-electron chi connectivity index (χ1n) is 9.03. The van der Waals surface area contributed by atoms with Crippen LogP contribution in [0.3, 0.4) is 0 Å². The van der Waals surface area contributed by atoms with Crippen LogP contribution in [-0.2, 0) is 16.1 Å². The lowest BCUT2D eigenvalue weighted by atomic mass is 10.2. The van der Waals surface area contributed by atoms with Crippen molar-refractivity contribution in [2.75, 3.05) is 45.9 Å². The summed E-state index contributed by atoms with van der Waals surface area (Å²) in [6, 6.07) is 8.41. The fourth-order valence-corrected chi connectivity index (χ4v) is 2.78. The van der Waals surface area contributed by atoms with Crippen molar-refractivity contribution in [3.63, 3.8) is 0 Å². The van der Waals surface area contributed by atoms with E-state index >= 15 is 0 Å². The molecule has 0 saturated carbocycles. The van der Waals surface area contributed by atoms with E-state index in [1.165, 1.54) is 5.56 Å². The molecule has 134 valence electrons. The van der Waals surface area contributed by atoms with Crippen molar-refractivity contribution in [2.24, 2.45) is 0 Å². The highest BCUT2D eigenvalue weighted by Gasteiger charge is 2.19. The van der Waals surface area contributed by atoms with Crippen LogP contribution < -0.4 is 4.74 Å². The van der Waals surface area contributed by atoms with Crippen molar-refractivity contribution in [3.05, 3.63) is 29.8 Å². The van der Waals surface area contributed by atoms with Crippen molar-refractivity contribution in [1.82, 2.24) is 9.80 Å². The number of unbranched alkanes of at least 4 members (excludes halogenated alkanes) is 1. The predicted molar refractivity (Wildman–Crippen MR) is 95.2 cm³/mol. The normalized spacial score (nSPS) is 16.1. The first-order chi connectivity index (χ1) is 11.7. The summed E-state index contributed by atoms with van der Waals surface area (Å²) in [5.74, 6) is 0.830. The molecule has 0 unspecified atom stereocenters. The number of hydrogen-bond acceptors (Lipinski definition) is 5. The van der Waals surface area contributed by atoms with Crippen LogP contribution in [0.2, 0.25) is 0 Å². The number of carbonyl (C=O) groups excluding carboxylic acids is 1. The molecule has 1 aromatic rings. The lowest BCUT2D eigenvalue weighted by molar-refractivity contribution is -0.144. The van der Waals surface area contributed by atoms with Gasteiger partial charge in [0, 0.05) is 32.7 Å². The summed E-state index contributed by atoms with van der Waals surface area (Å²) in [6.07, 6.45) is 2.25. The highest BCUT2D eigenvalue weighted by Crippen LogP contribution is 2.15. The van der Waals surface area contributed by atoms with E-state index in [0.29, 0.717) is 13.2 Å². The molecule has 1 fully saturated rings. The molecule has 0 aliphatic carbocycles. The van der Waals surface area contributed by atoms with Crippen LogP contribution in [0.4, 0.5) is 0 Å². The molecule has 24 heavy (non-hydrogen) atoms. The van der Waals surface area contributed by atoms with E-state index in [1.807, 2.05) is 6.92 Å². The van der Waals surface area contributed by atoms with E-state index in [0.717, 1.165) is 57.9 Å². The second kappa shape index (κ2) is 10.3. The molecule has 0 N–H and O–H groups in total. The lowest BCUT2D eigenvalue weighted by Crippen LogP contribution is -2.47. The molecule has 5 heteroatoms. The molecule has 1 aromatic carbocycles. The average molecular weight is 334 g/mol. The highest BCUT2D eigenvalue weighted by molar-refractivity contribution is 5.71. The van der Waals surface area contributed by atoms with Gasteiger partial charge in [0.1, 0.15) is 5.75 Å². The van der Waals surface area contributed by atoms with Gasteiger partial charge in [-0.15, -0.1) is 0 Å². The number of esters is 1. The van der Waals surface area contributed by atoms with Gasteiger partial charge in [-0.3, -0.25) is 14.6 Å². The number of nitrogens with zero attached hydrogens (tertiary/aromatic N) is 2. The lowest BCUT2D eigenvalue weighted by Gasteiger charge is -2.34. The zero-order valence-electron chi connectivity index (χ0n) is 15.0. The van der Waals surface area contributed by atoms with E-state index in [9.17, 15) is 4.79 Å². The molecule has 0 amide bonds. The maximum absolute atomic E-state index is 11.5. The number of rotatable bonds is 9. The topological polar surface area (TPSA) is 42.0 Å². The van der Waals surface area contributed by atoms with Crippen LogP contribution in [0.5, 0.6) is 5.75 Å². The quantitative estimate of drug-likeness (QED) is 0.513. The van der Waals surface area contributed by atoms with Gasteiger partial charge in [-0.25, -0.2) is 0 Å². The Balaban J connectivity index is 1.70. The van der Waals surface area contributed by atoms with E-state index in [2.05, 4.69) is 41.0 Å². The van der Waals surface area contributed by atoms with Gasteiger partial charge in [0.25, 0.3) is 0 Å². The Morgan fingerprint density at radius 3 is 2.33 bits per heavy atom. The van der Waals surface area contributed by atoms with Crippen molar-refractivity contribution in [1.29, 1.82) is 0 Å². The molecular formula is C19H30N2O3. The maximum Gasteiger partial charge on any atom is 0.320 e. The summed E-state index contributed by atoms with van der Waals surface area (Å²) in [5, 5.41) is 0. The van der Waals surface area contributed by atoms with Crippen molar-refractivity contribution in [2.45, 2.75) is 33.2 Å². The second-order valence-electron chi connectivity index (χ2n) is 6.20. The molecule has 1 heterocycles. The van der Waals surface area contributed by atoms with E-state index in [4.69, 9.17) is 9.47 Å². The Hall–Kier alpha value is -1.59. The third kappa shape index (κ3) is 6.49. The van der Waals surface area contributed by atoms with Crippen LogP contribution in [0.25, 0.3) is 0 Å². The molecule has 0 bridgehead atoms. The maximum atomic E-state index is 11.5. The molecule has 0 atom stereocenters. The van der Waals surface area contributed by atoms with Crippen LogP contribution in [0.15, 0.2) is 24.3 Å². The molecule has 5 nitrogen and oxygen atoms in total. The van der Waals surface area contributed by atoms with Gasteiger partial charge >= 0.3 is 5.97 Å². The van der Waals surface area contributed by atoms with Crippen LogP contribution in [-0.4, -0.2) is 61.7 Å². The van der Waals surface area contributed by atoms with Gasteiger partial charge < -0.3 is 9.47 Å². The zero-order valence-corrected chi connectivity index (χ0v) is 15.0. The van der Waals surface area contributed by atoms with Crippen molar-refractivity contribution >= 4 is 5.97 Å². The zero-order chi connectivity index (χ0) is 17.2. The minimum atomic E-state index is -0.121. The van der Waals surface area contributed by atoms with Crippen LogP contribution in [0, 0.1) is 0 Å². The Morgan fingerprint density at radius 1 is 1.04 bits per heavy atom. The Bertz CT molecular complexity index is 482. The van der Waals surface area contributed by atoms with E-state index < -0.39 is 0 Å². The second-order valence-corrected chi connectivity index (χ2v) is 6.20. The van der Waals surface area contributed by atoms with Gasteiger partial charge in [-0.2, -0.15) is 0 Å². The third-order valence-electron chi connectivity index (χ3n) is 4.22. The van der Waals surface area contributed by atoms with Crippen molar-refractivity contribution in [3.8, 4) is 5.75 Å². The number of benzene rings is 1. The van der Waals surface area contributed by atoms with Gasteiger partial charge in [-0.1, -0.05) is 25.5 Å². The summed E-state index contributed by atoms with van der Waals surface area (Å²) in [5.41, 5.74) is 1.30. The summed E-state index contributed by atoms with van der Waals surface area (Å²) >= 11 is 0. The summed E-state index contributed by atoms with van der Waals surface area (Å²) in [4.78, 5) is 16.1. The molecule has 0 radical (unpaired) electrons. The Morgan fingerprint density at radius 2 is 1.71 bits per heavy atom. The predicted octanol–water partition coefficient (Wildman–Crippen LogP) is 2.55. The molecule has 2 rings (SSSR count). The van der Waals surface area contributed by atoms with Crippen molar-refractivity contribution < 1.29 is 14.3 Å². The minimum absolute atomic E-state index is 0.121. The molecule has 1 aliphatic rings. The first-order valence-corrected chi connectivity index (χ1v) is 9.03. The van der Waals surface area contributed by atoms with E-state index in [1.54, 1.807) is 0 Å². The molecule has 0 aromatic heterocycles. The molecule has 0 spiro atoms. The molecule has 1 aliphatic heterocycles. The van der Waals surface area contributed by atoms with Gasteiger partial charge in [-0.05, 0) is 31.0 Å². The smallest absolute Gasteiger partial charge is 0.320 e. The van der Waals surface area contributed by atoms with E-state index in [-0.39, 0.29) is 5.97 Å². The Labute approximate surface area is 145 Å². The minimum Gasteiger partial charge on any atom is -0.494 e. The number of hydrogen-bond donors (Lipinski definition) is 0. The largest absolute Gasteiger partial charge is 0.494 e. The summed E-state index contributed by atoms with van der Waals surface area (Å²) in [7, 11) is 0. The number of ether oxygens (including phenoxy) is 2. The fraction of sp³-hybridized carbons (Fsp3) is 0.632. The summed E-state index contributed by atoms with van der Waals surface area (Å²) < 4.78 is 10.7. The van der Waals surface area contributed by atoms with Crippen LogP contribution >= 0.6 is 0 Å². The number of piperazine rings is 1. The molecular weight excluding hydrogens is 304 g/mol. The SMILES string of the molecule is CCCCOc1ccc(CN2CCN(CC(=O)OCC)CC2)cc1. The fourth-order valence-electron chi connectivity index (χ4n) is 2.78. The molecule has 1 saturated heterocycles. The van der Waals surface area contributed by atoms with Gasteiger partial charge in [0.15, 0.2) is 0 Å². The Kier molecular flexibility index (Phi) is 8.05.